The van der Waals surface area contributed by atoms with Gasteiger partial charge in [-0.15, -0.1) is 0 Å². The van der Waals surface area contributed by atoms with Crippen LogP contribution in [0.2, 0.25) is 0 Å². The minimum absolute atomic E-state index is 0.897. The van der Waals surface area contributed by atoms with Gasteiger partial charge in [0, 0.05) is 16.8 Å². The molecule has 2 nitrogen and oxygen atoms in total. The molecule has 0 N–H and O–H groups in total. The van der Waals surface area contributed by atoms with E-state index in [2.05, 4.69) is 138 Å². The Morgan fingerprint density at radius 3 is 2.38 bits per heavy atom. The van der Waals surface area contributed by atoms with Crippen molar-refractivity contribution in [1.82, 2.24) is 0 Å². The van der Waals surface area contributed by atoms with Crippen LogP contribution < -0.4 is 4.90 Å². The molecule has 212 valence electrons. The molecular formula is C43H29NO. The Hall–Kier alpha value is -5.60. The van der Waals surface area contributed by atoms with Crippen molar-refractivity contribution in [2.75, 3.05) is 4.90 Å². The van der Waals surface area contributed by atoms with Crippen molar-refractivity contribution in [2.24, 2.45) is 0 Å². The van der Waals surface area contributed by atoms with Gasteiger partial charge < -0.3 is 9.32 Å². The molecule has 0 radical (unpaired) electrons. The molecule has 0 atom stereocenters. The van der Waals surface area contributed by atoms with Crippen molar-refractivity contribution in [1.29, 1.82) is 0 Å². The maximum atomic E-state index is 6.35. The maximum absolute atomic E-state index is 6.35. The lowest BCUT2D eigenvalue weighted by atomic mass is 9.80. The SMILES string of the molecule is C1=CC2=C3C(=CC1)c1cccc(c1C1=C2C=CCC1)-c1cc(N(c2ccccc2)c2cccc4oc5ccccc5c24)ccc13. The average Bonchev–Trinajstić information content (AvgIpc) is 3.24. The first-order valence-corrected chi connectivity index (χ1v) is 15.9. The van der Waals surface area contributed by atoms with E-state index < -0.39 is 0 Å². The summed E-state index contributed by atoms with van der Waals surface area (Å²) in [5, 5.41) is 2.26. The van der Waals surface area contributed by atoms with Gasteiger partial charge in [0.2, 0.25) is 0 Å². The highest BCUT2D eigenvalue weighted by Gasteiger charge is 2.34. The fraction of sp³-hybridized carbons (Fsp3) is 0.0698. The molecule has 6 aromatic rings. The molecule has 5 aromatic carbocycles. The van der Waals surface area contributed by atoms with Crippen molar-refractivity contribution in [3.63, 3.8) is 0 Å². The lowest BCUT2D eigenvalue weighted by Crippen LogP contribution is -2.11. The highest BCUT2D eigenvalue weighted by Crippen LogP contribution is 2.56. The van der Waals surface area contributed by atoms with Crippen LogP contribution in [0.1, 0.15) is 36.0 Å². The van der Waals surface area contributed by atoms with E-state index in [1.54, 1.807) is 0 Å². The number of fused-ring (bicyclic) bond motifs is 6. The molecule has 1 heterocycles. The number of nitrogens with zero attached hydrogens (tertiary/aromatic N) is 1. The molecule has 10 rings (SSSR count). The molecule has 4 aliphatic carbocycles. The Bertz CT molecular complexity index is 2390. The van der Waals surface area contributed by atoms with Crippen LogP contribution in [-0.2, 0) is 0 Å². The molecule has 0 saturated heterocycles. The number of para-hydroxylation sites is 2. The second kappa shape index (κ2) is 9.45. The minimum Gasteiger partial charge on any atom is -0.456 e. The van der Waals surface area contributed by atoms with Gasteiger partial charge in [-0.2, -0.15) is 0 Å². The molecule has 0 amide bonds. The van der Waals surface area contributed by atoms with Gasteiger partial charge in [-0.05, 0) is 117 Å². The summed E-state index contributed by atoms with van der Waals surface area (Å²) in [6.07, 6.45) is 14.9. The zero-order valence-electron chi connectivity index (χ0n) is 24.8. The predicted molar refractivity (Wildman–Crippen MR) is 188 cm³/mol. The van der Waals surface area contributed by atoms with E-state index in [0.717, 1.165) is 58.3 Å². The highest BCUT2D eigenvalue weighted by molar-refractivity contribution is 6.19. The Labute approximate surface area is 262 Å². The van der Waals surface area contributed by atoms with Gasteiger partial charge in [0.25, 0.3) is 0 Å². The molecule has 0 unspecified atom stereocenters. The van der Waals surface area contributed by atoms with E-state index in [0.29, 0.717) is 0 Å². The van der Waals surface area contributed by atoms with Crippen molar-refractivity contribution in [3.8, 4) is 11.1 Å². The normalized spacial score (nSPS) is 16.0. The van der Waals surface area contributed by atoms with E-state index in [1.165, 1.54) is 55.7 Å². The van der Waals surface area contributed by atoms with Crippen LogP contribution in [0.4, 0.5) is 17.1 Å². The number of allylic oxidation sites excluding steroid dienone is 10. The lowest BCUT2D eigenvalue weighted by Gasteiger charge is -2.28. The molecule has 0 aliphatic heterocycles. The molecule has 0 spiro atoms. The Morgan fingerprint density at radius 2 is 1.42 bits per heavy atom. The third-order valence-corrected chi connectivity index (χ3v) is 9.86. The third kappa shape index (κ3) is 3.51. The zero-order valence-corrected chi connectivity index (χ0v) is 24.8. The number of rotatable bonds is 3. The summed E-state index contributed by atoms with van der Waals surface area (Å²) in [6.45, 7) is 0. The highest BCUT2D eigenvalue weighted by atomic mass is 16.3. The first-order chi connectivity index (χ1) is 22.3. The molecule has 6 bridgehead atoms. The topological polar surface area (TPSA) is 16.4 Å². The summed E-state index contributed by atoms with van der Waals surface area (Å²) in [5.41, 5.74) is 18.8. The summed E-state index contributed by atoms with van der Waals surface area (Å²) in [6, 6.07) is 39.5. The van der Waals surface area contributed by atoms with Crippen LogP contribution in [0.25, 0.3) is 49.8 Å². The standard InChI is InChI=1S/C43H29NO/c1-2-12-27(13-3-1)44(38-21-11-23-40-43(38)36-18-8-9-22-39(36)45-40)28-24-25-35-37(26-28)34-20-10-19-33-32-17-7-6-16-31(42(32)35)29-14-4-5-15-30(29)41(33)34/h1-4,6,8-14,16-26H,5,7,15H2. The zero-order chi connectivity index (χ0) is 29.5. The van der Waals surface area contributed by atoms with Crippen LogP contribution in [0.5, 0.6) is 0 Å². The van der Waals surface area contributed by atoms with E-state index in [9.17, 15) is 0 Å². The monoisotopic (exact) mass is 575 g/mol. The number of hydrogen-bond acceptors (Lipinski definition) is 2. The lowest BCUT2D eigenvalue weighted by molar-refractivity contribution is 0.669. The van der Waals surface area contributed by atoms with Gasteiger partial charge in [0.15, 0.2) is 0 Å². The molecule has 2 heteroatoms. The van der Waals surface area contributed by atoms with Crippen LogP contribution in [0.3, 0.4) is 0 Å². The van der Waals surface area contributed by atoms with Gasteiger partial charge in [-0.3, -0.25) is 0 Å². The number of hydrogen-bond donors (Lipinski definition) is 0. The first-order valence-electron chi connectivity index (χ1n) is 15.9. The molecule has 4 aliphatic rings. The third-order valence-electron chi connectivity index (χ3n) is 9.86. The van der Waals surface area contributed by atoms with Gasteiger partial charge >= 0.3 is 0 Å². The fourth-order valence-electron chi connectivity index (χ4n) is 8.02. The van der Waals surface area contributed by atoms with Gasteiger partial charge in [-0.25, -0.2) is 0 Å². The Kier molecular flexibility index (Phi) is 5.21. The van der Waals surface area contributed by atoms with Crippen LogP contribution >= 0.6 is 0 Å². The van der Waals surface area contributed by atoms with E-state index in [4.69, 9.17) is 4.42 Å². The average molecular weight is 576 g/mol. The van der Waals surface area contributed by atoms with E-state index >= 15 is 0 Å². The van der Waals surface area contributed by atoms with Gasteiger partial charge in [0.05, 0.1) is 11.1 Å². The molecular weight excluding hydrogens is 546 g/mol. The van der Waals surface area contributed by atoms with Gasteiger partial charge in [-0.1, -0.05) is 97.1 Å². The smallest absolute Gasteiger partial charge is 0.137 e. The quantitative estimate of drug-likeness (QED) is 0.209. The molecule has 1 aromatic heterocycles. The van der Waals surface area contributed by atoms with Crippen LogP contribution in [0, 0.1) is 0 Å². The number of benzene rings is 5. The first kappa shape index (κ1) is 24.8. The summed E-state index contributed by atoms with van der Waals surface area (Å²) in [4.78, 5) is 2.40. The largest absolute Gasteiger partial charge is 0.456 e. The van der Waals surface area contributed by atoms with Crippen LogP contribution in [0.15, 0.2) is 155 Å². The van der Waals surface area contributed by atoms with E-state index in [-0.39, 0.29) is 0 Å². The van der Waals surface area contributed by atoms with E-state index in [1.807, 2.05) is 6.07 Å². The van der Waals surface area contributed by atoms with Crippen molar-refractivity contribution in [2.45, 2.75) is 19.3 Å². The minimum atomic E-state index is 0.897. The Morgan fingerprint density at radius 1 is 0.600 bits per heavy atom. The molecule has 45 heavy (non-hydrogen) atoms. The second-order valence-corrected chi connectivity index (χ2v) is 12.3. The number of furan rings is 1. The summed E-state index contributed by atoms with van der Waals surface area (Å²) in [7, 11) is 0. The van der Waals surface area contributed by atoms with Gasteiger partial charge in [0.1, 0.15) is 11.2 Å². The summed E-state index contributed by atoms with van der Waals surface area (Å²) < 4.78 is 6.35. The second-order valence-electron chi connectivity index (χ2n) is 12.3. The molecule has 0 fully saturated rings. The van der Waals surface area contributed by atoms with Crippen molar-refractivity contribution >= 4 is 55.7 Å². The Balaban J connectivity index is 1.28. The summed E-state index contributed by atoms with van der Waals surface area (Å²) >= 11 is 0. The summed E-state index contributed by atoms with van der Waals surface area (Å²) in [5.74, 6) is 0. The van der Waals surface area contributed by atoms with Crippen molar-refractivity contribution < 1.29 is 4.42 Å². The fourth-order valence-corrected chi connectivity index (χ4v) is 8.02. The number of anilines is 3. The van der Waals surface area contributed by atoms with Crippen LogP contribution in [-0.4, -0.2) is 0 Å². The predicted octanol–water partition coefficient (Wildman–Crippen LogP) is 12.0. The molecule has 0 saturated carbocycles. The maximum Gasteiger partial charge on any atom is 0.137 e. The van der Waals surface area contributed by atoms with Crippen molar-refractivity contribution in [3.05, 3.63) is 167 Å².